The third-order valence-electron chi connectivity index (χ3n) is 9.75. The lowest BCUT2D eigenvalue weighted by Crippen LogP contribution is -2.59. The summed E-state index contributed by atoms with van der Waals surface area (Å²) in [5.74, 6) is -4.81. The highest BCUT2D eigenvalue weighted by Gasteiger charge is 2.35. The first-order valence-corrected chi connectivity index (χ1v) is 20.0. The van der Waals surface area contributed by atoms with Crippen LogP contribution in [0.15, 0.2) is 85.1 Å². The number of carboxylic acids is 1. The number of hydrogen-bond acceptors (Lipinski definition) is 8. The van der Waals surface area contributed by atoms with Gasteiger partial charge in [0.05, 0.1) is 6.42 Å². The monoisotopic (exact) mass is 840 g/mol. The number of aryl methyl sites for hydroxylation is 1. The van der Waals surface area contributed by atoms with E-state index in [1.54, 1.807) is 69.4 Å². The summed E-state index contributed by atoms with van der Waals surface area (Å²) < 4.78 is 5.46. The molecule has 61 heavy (non-hydrogen) atoms. The molecule has 0 aliphatic heterocycles. The molecule has 0 bridgehead atoms. The van der Waals surface area contributed by atoms with Crippen molar-refractivity contribution >= 4 is 58.3 Å². The van der Waals surface area contributed by atoms with Crippen molar-refractivity contribution in [2.24, 2.45) is 5.73 Å². The van der Waals surface area contributed by atoms with Gasteiger partial charge in [0.25, 0.3) is 0 Å². The molecule has 7 amide bonds. The van der Waals surface area contributed by atoms with Crippen LogP contribution in [-0.4, -0.2) is 100 Å². The number of anilines is 1. The van der Waals surface area contributed by atoms with Gasteiger partial charge in [-0.1, -0.05) is 66.7 Å². The van der Waals surface area contributed by atoms with Crippen LogP contribution in [0.2, 0.25) is 0 Å². The molecule has 0 aliphatic carbocycles. The largest absolute Gasteiger partial charge is 0.481 e. The van der Waals surface area contributed by atoms with Gasteiger partial charge in [-0.3, -0.25) is 24.0 Å². The Kier molecular flexibility index (Phi) is 16.8. The molecule has 0 saturated heterocycles. The van der Waals surface area contributed by atoms with E-state index in [1.165, 1.54) is 7.05 Å². The van der Waals surface area contributed by atoms with Gasteiger partial charge in [-0.25, -0.2) is 9.59 Å². The summed E-state index contributed by atoms with van der Waals surface area (Å²) in [6, 6.07) is 17.5. The van der Waals surface area contributed by atoms with Crippen LogP contribution in [-0.2, 0) is 41.6 Å². The van der Waals surface area contributed by atoms with Crippen molar-refractivity contribution in [3.8, 4) is 0 Å². The Morgan fingerprint density at radius 2 is 1.44 bits per heavy atom. The first-order chi connectivity index (χ1) is 28.9. The Morgan fingerprint density at radius 3 is 2.11 bits per heavy atom. The number of para-hydroxylation sites is 2. The molecule has 3 unspecified atom stereocenters. The van der Waals surface area contributed by atoms with Gasteiger partial charge < -0.3 is 52.0 Å². The van der Waals surface area contributed by atoms with E-state index < -0.39 is 77.9 Å². The molecule has 0 aliphatic rings. The Balaban J connectivity index is 1.56. The summed E-state index contributed by atoms with van der Waals surface area (Å²) in [7, 11) is 1.29. The number of primary amides is 1. The molecular formula is C44H56N8O9. The number of hydrogen-bond donors (Lipinski definition) is 8. The molecule has 4 aromatic rings. The smallest absolute Gasteiger partial charge is 0.408 e. The van der Waals surface area contributed by atoms with Crippen LogP contribution in [0.5, 0.6) is 0 Å². The van der Waals surface area contributed by atoms with Crippen LogP contribution < -0.4 is 32.3 Å². The highest BCUT2D eigenvalue weighted by Crippen LogP contribution is 2.20. The second-order valence-electron chi connectivity index (χ2n) is 15.7. The fourth-order valence-electron chi connectivity index (χ4n) is 6.59. The molecule has 0 spiro atoms. The Bertz CT molecular complexity index is 2170. The highest BCUT2D eigenvalue weighted by molar-refractivity contribution is 5.97. The number of rotatable bonds is 20. The minimum absolute atomic E-state index is 0.00973. The number of aromatic amines is 1. The molecule has 0 radical (unpaired) electrons. The lowest BCUT2D eigenvalue weighted by atomic mass is 10.0. The number of nitrogens with two attached hydrogens (primary N) is 1. The Labute approximate surface area is 354 Å². The number of unbranched alkanes of at least 4 members (excludes halogenated alkanes) is 1. The molecule has 9 N–H and O–H groups in total. The number of fused-ring (bicyclic) bond motifs is 1. The number of carboxylic acid groups (broad SMARTS) is 1. The molecule has 17 nitrogen and oxygen atoms in total. The zero-order valence-corrected chi connectivity index (χ0v) is 35.1. The minimum Gasteiger partial charge on any atom is -0.481 e. The normalized spacial score (nSPS) is 13.1. The average Bonchev–Trinajstić information content (AvgIpc) is 3.61. The van der Waals surface area contributed by atoms with Crippen molar-refractivity contribution in [1.29, 1.82) is 0 Å². The summed E-state index contributed by atoms with van der Waals surface area (Å²) in [5.41, 5.74) is 8.49. The summed E-state index contributed by atoms with van der Waals surface area (Å²) >= 11 is 0. The van der Waals surface area contributed by atoms with E-state index in [4.69, 9.17) is 10.5 Å². The Hall–Kier alpha value is -6.91. The van der Waals surface area contributed by atoms with Gasteiger partial charge in [-0.2, -0.15) is 0 Å². The number of aliphatic carboxylic acids is 1. The van der Waals surface area contributed by atoms with Crippen molar-refractivity contribution in [1.82, 2.24) is 31.2 Å². The van der Waals surface area contributed by atoms with Crippen LogP contribution in [0, 0.1) is 6.92 Å². The first-order valence-electron chi connectivity index (χ1n) is 20.0. The first kappa shape index (κ1) is 46.8. The molecule has 4 atom stereocenters. The number of H-pyrrole nitrogens is 1. The second-order valence-corrected chi connectivity index (χ2v) is 15.7. The fraction of sp³-hybridized carbons (Fsp3) is 0.386. The fourth-order valence-corrected chi connectivity index (χ4v) is 6.59. The number of likely N-dealkylation sites (N-methyl/N-ethyl adjacent to an activating group) is 1. The van der Waals surface area contributed by atoms with E-state index in [2.05, 4.69) is 31.6 Å². The van der Waals surface area contributed by atoms with Gasteiger partial charge in [0.15, 0.2) is 0 Å². The quantitative estimate of drug-likeness (QED) is 0.0600. The lowest BCUT2D eigenvalue weighted by Gasteiger charge is -2.30. The van der Waals surface area contributed by atoms with E-state index in [0.29, 0.717) is 23.2 Å². The summed E-state index contributed by atoms with van der Waals surface area (Å²) in [6.07, 6.45) is 0.614. The third kappa shape index (κ3) is 14.7. The molecule has 4 rings (SSSR count). The number of amides is 7. The van der Waals surface area contributed by atoms with Gasteiger partial charge in [-0.15, -0.1) is 0 Å². The van der Waals surface area contributed by atoms with Gasteiger partial charge >= 0.3 is 18.1 Å². The molecule has 1 aromatic heterocycles. The molecule has 0 saturated carbocycles. The van der Waals surface area contributed by atoms with E-state index >= 15 is 0 Å². The number of nitrogens with zero attached hydrogens (tertiary/aromatic N) is 1. The van der Waals surface area contributed by atoms with Crippen molar-refractivity contribution in [2.75, 3.05) is 18.9 Å². The summed E-state index contributed by atoms with van der Waals surface area (Å²) in [5, 5.41) is 24.0. The number of aromatic nitrogens is 1. The maximum Gasteiger partial charge on any atom is 0.408 e. The summed E-state index contributed by atoms with van der Waals surface area (Å²) in [6.45, 7) is 7.06. The van der Waals surface area contributed by atoms with Crippen molar-refractivity contribution < 1.29 is 43.4 Å². The van der Waals surface area contributed by atoms with Crippen molar-refractivity contribution in [3.63, 3.8) is 0 Å². The van der Waals surface area contributed by atoms with Crippen LogP contribution in [0.4, 0.5) is 15.3 Å². The van der Waals surface area contributed by atoms with Crippen molar-refractivity contribution in [3.05, 3.63) is 102 Å². The van der Waals surface area contributed by atoms with Gasteiger partial charge in [-0.05, 0) is 75.8 Å². The zero-order chi connectivity index (χ0) is 44.7. The zero-order valence-electron chi connectivity index (χ0n) is 35.1. The highest BCUT2D eigenvalue weighted by atomic mass is 16.6. The van der Waals surface area contributed by atoms with Gasteiger partial charge in [0.2, 0.25) is 23.6 Å². The van der Waals surface area contributed by atoms with E-state index in [-0.39, 0.29) is 32.2 Å². The molecule has 326 valence electrons. The van der Waals surface area contributed by atoms with Gasteiger partial charge in [0, 0.05) is 49.2 Å². The number of carbonyl (C=O) groups excluding carboxylic acids is 6. The predicted molar refractivity (Wildman–Crippen MR) is 229 cm³/mol. The van der Waals surface area contributed by atoms with Crippen LogP contribution >= 0.6 is 0 Å². The molecule has 1 heterocycles. The number of nitrogens with one attached hydrogen (secondary N) is 6. The van der Waals surface area contributed by atoms with E-state index in [0.717, 1.165) is 21.4 Å². The van der Waals surface area contributed by atoms with Crippen LogP contribution in [0.25, 0.3) is 10.9 Å². The van der Waals surface area contributed by atoms with Crippen LogP contribution in [0.3, 0.4) is 0 Å². The lowest BCUT2D eigenvalue weighted by molar-refractivity contribution is -0.146. The Morgan fingerprint density at radius 1 is 0.803 bits per heavy atom. The average molecular weight is 841 g/mol. The van der Waals surface area contributed by atoms with Crippen LogP contribution in [0.1, 0.15) is 63.1 Å². The maximum absolute atomic E-state index is 14.2. The number of ether oxygens (including phenoxy) is 1. The molecule has 17 heteroatoms. The second kappa shape index (κ2) is 21.9. The standard InChI is InChI=1S/C44H56N8O9/c1-27-15-9-11-19-31(27)50-42(59)46-22-14-13-21-33(39(56)49-35(25-37(53)54)41(58)52(5)36(38(45)55)23-28-16-7-6-8-17-28)48-40(57)34(51-43(60)61-44(2,3)4)24-29-26-47-32-20-12-10-18-30(29)32/h6-12,15-20,26,33-36,47H,13-14,21-25H2,1-5H3,(H2,45,55)(H,48,57)(H,49,56)(H,51,60)(H,53,54)(H2,46,50,59)/t33-,34?,35?,36?/m0/s1. The minimum atomic E-state index is -1.67. The number of benzene rings is 3. The predicted octanol–water partition coefficient (Wildman–Crippen LogP) is 3.90. The third-order valence-corrected chi connectivity index (χ3v) is 9.75. The molecule has 3 aromatic carbocycles. The number of carbonyl (C=O) groups is 7. The number of alkyl carbamates (subject to hydrolysis) is 1. The number of urea groups is 1. The van der Waals surface area contributed by atoms with Gasteiger partial charge in [0.1, 0.15) is 29.8 Å². The molecular weight excluding hydrogens is 785 g/mol. The maximum atomic E-state index is 14.2. The SMILES string of the molecule is Cc1ccccc1NC(=O)NCCCC[C@H](NC(=O)C(Cc1c[nH]c2ccccc12)NC(=O)OC(C)(C)C)C(=O)NC(CC(=O)O)C(=O)N(C)C(Cc1ccccc1)C(N)=O. The van der Waals surface area contributed by atoms with E-state index in [1.807, 2.05) is 43.3 Å². The topological polar surface area (TPSA) is 254 Å². The summed E-state index contributed by atoms with van der Waals surface area (Å²) in [4.78, 5) is 96.6. The van der Waals surface area contributed by atoms with E-state index in [9.17, 15) is 38.7 Å². The van der Waals surface area contributed by atoms with Crippen molar-refractivity contribution in [2.45, 2.75) is 96.0 Å². The molecule has 0 fully saturated rings.